The molecular formula is C10H19NO4. The third kappa shape index (κ3) is 7.69. The molecule has 4 N–H and O–H groups in total. The molecule has 0 radical (unpaired) electrons. The first-order chi connectivity index (χ1) is 6.83. The Kier molecular flexibility index (Phi) is 8.57. The maximum absolute atomic E-state index is 10.4. The monoisotopic (exact) mass is 217 g/mol. The Morgan fingerprint density at radius 1 is 1.33 bits per heavy atom. The van der Waals surface area contributed by atoms with Gasteiger partial charge in [-0.15, -0.1) is 6.58 Å². The molecule has 0 heterocycles. The van der Waals surface area contributed by atoms with Gasteiger partial charge in [0, 0.05) is 0 Å². The fourth-order valence-electron chi connectivity index (χ4n) is 0.676. The van der Waals surface area contributed by atoms with E-state index in [2.05, 4.69) is 6.58 Å². The molecule has 15 heavy (non-hydrogen) atoms. The van der Waals surface area contributed by atoms with Crippen molar-refractivity contribution in [3.05, 3.63) is 12.7 Å². The molecular weight excluding hydrogens is 198 g/mol. The summed E-state index contributed by atoms with van der Waals surface area (Å²) in [6.45, 7) is 6.77. The second-order valence-electron chi connectivity index (χ2n) is 3.05. The lowest BCUT2D eigenvalue weighted by atomic mass is 9.95. The molecule has 0 aliphatic heterocycles. The van der Waals surface area contributed by atoms with Crippen LogP contribution in [0.15, 0.2) is 12.7 Å². The van der Waals surface area contributed by atoms with Crippen LogP contribution < -0.4 is 5.73 Å². The molecule has 0 aromatic carbocycles. The predicted molar refractivity (Wildman–Crippen MR) is 57.6 cm³/mol. The summed E-state index contributed by atoms with van der Waals surface area (Å²) in [4.78, 5) is 19.9. The molecule has 88 valence electrons. The zero-order valence-corrected chi connectivity index (χ0v) is 9.19. The minimum Gasteiger partial charge on any atom is -0.481 e. The first kappa shape index (κ1) is 16.1. The lowest BCUT2D eigenvalue weighted by Gasteiger charge is -2.19. The largest absolute Gasteiger partial charge is 0.481 e. The lowest BCUT2D eigenvalue weighted by Crippen LogP contribution is -2.46. The third-order valence-electron chi connectivity index (χ3n) is 2.01. The molecule has 0 unspecified atom stereocenters. The number of carboxylic acids is 2. The highest BCUT2D eigenvalue weighted by atomic mass is 16.4. The van der Waals surface area contributed by atoms with Crippen molar-refractivity contribution in [1.82, 2.24) is 0 Å². The van der Waals surface area contributed by atoms with Gasteiger partial charge in [0.1, 0.15) is 5.54 Å². The van der Waals surface area contributed by atoms with Crippen molar-refractivity contribution < 1.29 is 19.8 Å². The Labute approximate surface area is 89.6 Å². The van der Waals surface area contributed by atoms with Crippen LogP contribution in [0.1, 0.15) is 33.1 Å². The fourth-order valence-corrected chi connectivity index (χ4v) is 0.676. The normalized spacial score (nSPS) is 9.80. The molecule has 0 saturated heterocycles. The summed E-state index contributed by atoms with van der Waals surface area (Å²) in [5.41, 5.74) is 4.44. The lowest BCUT2D eigenvalue weighted by molar-refractivity contribution is -0.143. The highest BCUT2D eigenvalue weighted by Crippen LogP contribution is 2.10. The van der Waals surface area contributed by atoms with Gasteiger partial charge in [0.05, 0.1) is 6.42 Å². The summed E-state index contributed by atoms with van der Waals surface area (Å²) in [5, 5.41) is 16.3. The quantitative estimate of drug-likeness (QED) is 0.601. The summed E-state index contributed by atoms with van der Waals surface area (Å²) in [6.07, 6.45) is 2.38. The van der Waals surface area contributed by atoms with E-state index in [-0.39, 0.29) is 6.42 Å². The Bertz CT molecular complexity index is 221. The van der Waals surface area contributed by atoms with E-state index in [1.54, 1.807) is 13.8 Å². The first-order valence-corrected chi connectivity index (χ1v) is 4.69. The molecule has 0 atom stereocenters. The molecule has 5 nitrogen and oxygen atoms in total. The van der Waals surface area contributed by atoms with Crippen LogP contribution in [0.25, 0.3) is 0 Å². The second kappa shape index (κ2) is 7.99. The van der Waals surface area contributed by atoms with Crippen LogP contribution >= 0.6 is 0 Å². The summed E-state index contributed by atoms with van der Waals surface area (Å²) >= 11 is 0. The zero-order valence-electron chi connectivity index (χ0n) is 9.19. The molecule has 0 saturated carbocycles. The van der Waals surface area contributed by atoms with Crippen molar-refractivity contribution in [2.45, 2.75) is 38.6 Å². The molecule has 0 aliphatic rings. The van der Waals surface area contributed by atoms with Gasteiger partial charge in [-0.25, -0.2) is 0 Å². The van der Waals surface area contributed by atoms with E-state index in [1.165, 1.54) is 6.08 Å². The molecule has 0 spiro atoms. The van der Waals surface area contributed by atoms with E-state index in [1.807, 2.05) is 0 Å². The maximum Gasteiger partial charge on any atom is 0.323 e. The number of hydrogen-bond donors (Lipinski definition) is 3. The van der Waals surface area contributed by atoms with Crippen LogP contribution in [-0.2, 0) is 9.59 Å². The summed E-state index contributed by atoms with van der Waals surface area (Å²) in [5.74, 6) is -1.74. The number of aliphatic carboxylic acids is 2. The number of carbonyl (C=O) groups is 2. The van der Waals surface area contributed by atoms with Gasteiger partial charge < -0.3 is 15.9 Å². The van der Waals surface area contributed by atoms with E-state index >= 15 is 0 Å². The highest BCUT2D eigenvalue weighted by Gasteiger charge is 2.28. The topological polar surface area (TPSA) is 101 Å². The number of rotatable bonds is 5. The Hall–Kier alpha value is -1.36. The molecule has 5 heteroatoms. The summed E-state index contributed by atoms with van der Waals surface area (Å²) in [6, 6.07) is 0. The summed E-state index contributed by atoms with van der Waals surface area (Å²) < 4.78 is 0. The minimum atomic E-state index is -1.00. The Balaban J connectivity index is 0. The molecule has 0 fully saturated rings. The van der Waals surface area contributed by atoms with Gasteiger partial charge in [-0.2, -0.15) is 0 Å². The van der Waals surface area contributed by atoms with Gasteiger partial charge in [0.2, 0.25) is 0 Å². The van der Waals surface area contributed by atoms with Crippen molar-refractivity contribution >= 4 is 11.9 Å². The van der Waals surface area contributed by atoms with Gasteiger partial charge in [-0.1, -0.05) is 19.9 Å². The van der Waals surface area contributed by atoms with Crippen LogP contribution in [0.5, 0.6) is 0 Å². The van der Waals surface area contributed by atoms with Gasteiger partial charge in [0.25, 0.3) is 0 Å². The average Bonchev–Trinajstić information content (AvgIpc) is 2.17. The number of carboxylic acid groups (broad SMARTS) is 2. The first-order valence-electron chi connectivity index (χ1n) is 4.69. The maximum atomic E-state index is 10.4. The van der Waals surface area contributed by atoms with Crippen LogP contribution in [0, 0.1) is 0 Å². The SMILES string of the molecule is C=CCC(=O)O.CCC(N)(CC)C(=O)O. The average molecular weight is 217 g/mol. The van der Waals surface area contributed by atoms with E-state index in [0.29, 0.717) is 12.8 Å². The zero-order chi connectivity index (χ0) is 12.5. The second-order valence-corrected chi connectivity index (χ2v) is 3.05. The van der Waals surface area contributed by atoms with Crippen LogP contribution in [0.4, 0.5) is 0 Å². The van der Waals surface area contributed by atoms with Gasteiger partial charge >= 0.3 is 11.9 Å². The number of nitrogens with two attached hydrogens (primary N) is 1. The highest BCUT2D eigenvalue weighted by molar-refractivity contribution is 5.78. The predicted octanol–water partition coefficient (Wildman–Crippen LogP) is 1.24. The van der Waals surface area contributed by atoms with Crippen molar-refractivity contribution in [3.8, 4) is 0 Å². The summed E-state index contributed by atoms with van der Waals surface area (Å²) in [7, 11) is 0. The van der Waals surface area contributed by atoms with Crippen LogP contribution in [-0.4, -0.2) is 27.7 Å². The van der Waals surface area contributed by atoms with Gasteiger partial charge in [-0.05, 0) is 12.8 Å². The Morgan fingerprint density at radius 2 is 1.73 bits per heavy atom. The van der Waals surface area contributed by atoms with Crippen molar-refractivity contribution in [2.75, 3.05) is 0 Å². The van der Waals surface area contributed by atoms with Crippen molar-refractivity contribution in [1.29, 1.82) is 0 Å². The van der Waals surface area contributed by atoms with Gasteiger partial charge in [-0.3, -0.25) is 9.59 Å². The molecule has 0 amide bonds. The van der Waals surface area contributed by atoms with E-state index in [0.717, 1.165) is 0 Å². The number of hydrogen-bond acceptors (Lipinski definition) is 3. The smallest absolute Gasteiger partial charge is 0.323 e. The van der Waals surface area contributed by atoms with Gasteiger partial charge in [0.15, 0.2) is 0 Å². The molecule has 0 aromatic rings. The van der Waals surface area contributed by atoms with Crippen molar-refractivity contribution in [2.24, 2.45) is 5.73 Å². The fraction of sp³-hybridized carbons (Fsp3) is 0.600. The van der Waals surface area contributed by atoms with Crippen LogP contribution in [0.2, 0.25) is 0 Å². The third-order valence-corrected chi connectivity index (χ3v) is 2.01. The molecule has 0 rings (SSSR count). The molecule has 0 aliphatic carbocycles. The van der Waals surface area contributed by atoms with Crippen molar-refractivity contribution in [3.63, 3.8) is 0 Å². The van der Waals surface area contributed by atoms with E-state index in [4.69, 9.17) is 15.9 Å². The standard InChI is InChI=1S/C6H13NO2.C4H6O2/c1-3-6(7,4-2)5(8)9;1-2-3-4(5)6/h3-4,7H2,1-2H3,(H,8,9);2H,1,3H2,(H,5,6). The van der Waals surface area contributed by atoms with E-state index in [9.17, 15) is 9.59 Å². The molecule has 0 bridgehead atoms. The van der Waals surface area contributed by atoms with E-state index < -0.39 is 17.5 Å². The Morgan fingerprint density at radius 3 is 1.73 bits per heavy atom. The molecule has 0 aromatic heterocycles. The van der Waals surface area contributed by atoms with Crippen LogP contribution in [0.3, 0.4) is 0 Å². The minimum absolute atomic E-state index is 0.0556.